The SMILES string of the molecule is CC(=O)N1CC[C@H]2CC[C@@H](C(=O)N[C@@H](CCC(N)=O)COc3cc(C)cc(CCCCCC(N)=O)c3F)N2C(=O)[C@@H](N)C1. The Hall–Kier alpha value is -3.74. The number of fused-ring (bicyclic) bond motifs is 1. The lowest BCUT2D eigenvalue weighted by molar-refractivity contribution is -0.144. The van der Waals surface area contributed by atoms with E-state index in [-0.39, 0.29) is 55.5 Å². The number of hydrogen-bond acceptors (Lipinski definition) is 7. The highest BCUT2D eigenvalue weighted by atomic mass is 19.1. The first-order valence-corrected chi connectivity index (χ1v) is 15.0. The summed E-state index contributed by atoms with van der Waals surface area (Å²) in [5, 5.41) is 2.89. The van der Waals surface area contributed by atoms with Crippen LogP contribution in [0, 0.1) is 12.7 Å². The van der Waals surface area contributed by atoms with Gasteiger partial charge >= 0.3 is 0 Å². The van der Waals surface area contributed by atoms with E-state index in [1.807, 2.05) is 6.92 Å². The summed E-state index contributed by atoms with van der Waals surface area (Å²) in [5.41, 5.74) is 18.0. The second kappa shape index (κ2) is 15.6. The first kappa shape index (κ1) is 33.8. The number of halogens is 1. The van der Waals surface area contributed by atoms with E-state index in [1.165, 1.54) is 6.92 Å². The number of nitrogens with zero attached hydrogens (tertiary/aromatic N) is 2. The molecule has 0 radical (unpaired) electrons. The monoisotopic (exact) mass is 604 g/mol. The molecule has 3 rings (SSSR count). The summed E-state index contributed by atoms with van der Waals surface area (Å²) < 4.78 is 21.2. The molecule has 238 valence electrons. The van der Waals surface area contributed by atoms with Crippen molar-refractivity contribution in [1.29, 1.82) is 0 Å². The third-order valence-electron chi connectivity index (χ3n) is 8.13. The summed E-state index contributed by atoms with van der Waals surface area (Å²) in [7, 11) is 0. The Labute approximate surface area is 251 Å². The first-order chi connectivity index (χ1) is 20.4. The zero-order valence-electron chi connectivity index (χ0n) is 25.1. The van der Waals surface area contributed by atoms with Gasteiger partial charge in [0.05, 0.1) is 6.04 Å². The molecule has 5 amide bonds. The number of nitrogens with one attached hydrogen (secondary N) is 1. The van der Waals surface area contributed by atoms with Crippen LogP contribution >= 0.6 is 0 Å². The third-order valence-corrected chi connectivity index (χ3v) is 8.13. The van der Waals surface area contributed by atoms with Gasteiger partial charge in [-0.15, -0.1) is 0 Å². The van der Waals surface area contributed by atoms with Crippen LogP contribution in [0.25, 0.3) is 0 Å². The maximum Gasteiger partial charge on any atom is 0.243 e. The summed E-state index contributed by atoms with van der Waals surface area (Å²) in [6.07, 6.45) is 4.50. The van der Waals surface area contributed by atoms with Gasteiger partial charge in [-0.25, -0.2) is 4.39 Å². The van der Waals surface area contributed by atoms with Crippen molar-refractivity contribution in [2.75, 3.05) is 19.7 Å². The molecule has 7 N–H and O–H groups in total. The Balaban J connectivity index is 1.67. The van der Waals surface area contributed by atoms with Crippen molar-refractivity contribution in [2.24, 2.45) is 17.2 Å². The summed E-state index contributed by atoms with van der Waals surface area (Å²) >= 11 is 0. The van der Waals surface area contributed by atoms with Crippen molar-refractivity contribution in [1.82, 2.24) is 15.1 Å². The quantitative estimate of drug-likeness (QED) is 0.226. The fraction of sp³-hybridized carbons (Fsp3) is 0.633. The Morgan fingerprint density at radius 1 is 1.07 bits per heavy atom. The highest BCUT2D eigenvalue weighted by Gasteiger charge is 2.44. The largest absolute Gasteiger partial charge is 0.488 e. The van der Waals surface area contributed by atoms with Crippen LogP contribution in [0.3, 0.4) is 0 Å². The van der Waals surface area contributed by atoms with E-state index in [2.05, 4.69) is 5.32 Å². The molecule has 13 heteroatoms. The maximum atomic E-state index is 15.3. The zero-order chi connectivity index (χ0) is 31.7. The van der Waals surface area contributed by atoms with Crippen LogP contribution in [0.1, 0.15) is 75.8 Å². The van der Waals surface area contributed by atoms with Gasteiger partial charge in [-0.3, -0.25) is 24.0 Å². The lowest BCUT2D eigenvalue weighted by Crippen LogP contribution is -2.59. The Bertz CT molecular complexity index is 1200. The van der Waals surface area contributed by atoms with Crippen LogP contribution in [0.5, 0.6) is 5.75 Å². The third kappa shape index (κ3) is 9.63. The van der Waals surface area contributed by atoms with E-state index in [9.17, 15) is 24.0 Å². The van der Waals surface area contributed by atoms with Crippen molar-refractivity contribution in [3.63, 3.8) is 0 Å². The number of primary amides is 2. The smallest absolute Gasteiger partial charge is 0.243 e. The van der Waals surface area contributed by atoms with Gasteiger partial charge in [0.2, 0.25) is 29.5 Å². The molecule has 1 aromatic rings. The number of unbranched alkanes of at least 4 members (excludes halogenated alkanes) is 2. The second-order valence-corrected chi connectivity index (χ2v) is 11.6. The Kier molecular flexibility index (Phi) is 12.3. The molecule has 12 nitrogen and oxygen atoms in total. The summed E-state index contributed by atoms with van der Waals surface area (Å²) in [5.74, 6) is -2.33. The number of hydrogen-bond donors (Lipinski definition) is 4. The van der Waals surface area contributed by atoms with Crippen LogP contribution in [0.2, 0.25) is 0 Å². The molecular formula is C30H45FN6O6. The standard InChI is InChI=1S/C30H45FN6O6/c1-18-14-20(6-4-3-5-7-26(33)39)28(31)25(15-18)43-17-21(8-11-27(34)40)35-29(41)24-10-9-22-12-13-36(19(2)38)16-23(32)30(42)37(22)24/h14-15,21-24H,3-13,16-17,32H2,1-2H3,(H2,33,39)(H2,34,40)(H,35,41)/t21-,22+,23-,24-/m0/s1. The molecule has 0 bridgehead atoms. The van der Waals surface area contributed by atoms with Gasteiger partial charge < -0.3 is 37.1 Å². The van der Waals surface area contributed by atoms with Gasteiger partial charge in [0.1, 0.15) is 18.7 Å². The molecule has 2 aliphatic heterocycles. The van der Waals surface area contributed by atoms with E-state index in [4.69, 9.17) is 21.9 Å². The molecule has 0 aliphatic carbocycles. The second-order valence-electron chi connectivity index (χ2n) is 11.6. The average molecular weight is 605 g/mol. The fourth-order valence-electron chi connectivity index (χ4n) is 5.83. The topological polar surface area (TPSA) is 191 Å². The van der Waals surface area contributed by atoms with E-state index in [0.717, 1.165) is 12.0 Å². The molecule has 4 atom stereocenters. The van der Waals surface area contributed by atoms with Crippen molar-refractivity contribution in [3.05, 3.63) is 29.1 Å². The number of rotatable bonds is 14. The van der Waals surface area contributed by atoms with Crippen LogP contribution in [0.15, 0.2) is 12.1 Å². The van der Waals surface area contributed by atoms with Crippen LogP contribution < -0.4 is 27.3 Å². The van der Waals surface area contributed by atoms with E-state index >= 15 is 4.39 Å². The molecule has 1 aromatic carbocycles. The zero-order valence-corrected chi connectivity index (χ0v) is 25.1. The van der Waals surface area contributed by atoms with Gasteiger partial charge in [0.15, 0.2) is 11.6 Å². The first-order valence-electron chi connectivity index (χ1n) is 15.0. The highest BCUT2D eigenvalue weighted by molar-refractivity contribution is 5.91. The normalized spacial score (nSPS) is 21.0. The molecule has 0 unspecified atom stereocenters. The molecule has 2 fully saturated rings. The van der Waals surface area contributed by atoms with Crippen molar-refractivity contribution in [3.8, 4) is 5.75 Å². The Morgan fingerprint density at radius 3 is 2.47 bits per heavy atom. The van der Waals surface area contributed by atoms with Crippen LogP contribution in [-0.2, 0) is 30.4 Å². The van der Waals surface area contributed by atoms with Gasteiger partial charge in [-0.2, -0.15) is 0 Å². The highest BCUT2D eigenvalue weighted by Crippen LogP contribution is 2.30. The lowest BCUT2D eigenvalue weighted by Gasteiger charge is -2.37. The summed E-state index contributed by atoms with van der Waals surface area (Å²) in [6.45, 7) is 3.67. The average Bonchev–Trinajstić information content (AvgIpc) is 3.36. The Morgan fingerprint density at radius 2 is 1.79 bits per heavy atom. The van der Waals surface area contributed by atoms with E-state index in [1.54, 1.807) is 21.9 Å². The number of nitrogens with two attached hydrogens (primary N) is 3. The predicted octanol–water partition coefficient (Wildman–Crippen LogP) is 0.791. The number of aryl methyl sites for hydroxylation is 2. The minimum atomic E-state index is -0.948. The van der Waals surface area contributed by atoms with Crippen molar-refractivity contribution < 1.29 is 33.1 Å². The summed E-state index contributed by atoms with van der Waals surface area (Å²) in [4.78, 5) is 64.3. The molecule has 2 aliphatic rings. The number of amides is 5. The van der Waals surface area contributed by atoms with Gasteiger partial charge in [0.25, 0.3) is 0 Å². The minimum absolute atomic E-state index is 0.0249. The van der Waals surface area contributed by atoms with Gasteiger partial charge in [-0.1, -0.05) is 12.5 Å². The maximum absolute atomic E-state index is 15.3. The number of ether oxygens (including phenoxy) is 1. The number of carbonyl (C=O) groups excluding carboxylic acids is 5. The lowest BCUT2D eigenvalue weighted by atomic mass is 10.0. The van der Waals surface area contributed by atoms with Crippen LogP contribution in [0.4, 0.5) is 4.39 Å². The number of benzene rings is 1. The molecule has 2 saturated heterocycles. The molecular weight excluding hydrogens is 559 g/mol. The molecule has 0 saturated carbocycles. The minimum Gasteiger partial charge on any atom is -0.488 e. The molecule has 2 heterocycles. The molecule has 0 spiro atoms. The number of carbonyl (C=O) groups is 5. The van der Waals surface area contributed by atoms with Gasteiger partial charge in [-0.05, 0) is 69.1 Å². The van der Waals surface area contributed by atoms with Crippen LogP contribution in [-0.4, -0.2) is 83.2 Å². The van der Waals surface area contributed by atoms with Crippen molar-refractivity contribution >= 4 is 29.5 Å². The van der Waals surface area contributed by atoms with E-state index in [0.29, 0.717) is 57.1 Å². The molecule has 0 aromatic heterocycles. The van der Waals surface area contributed by atoms with Gasteiger partial charge in [0, 0.05) is 38.9 Å². The predicted molar refractivity (Wildman–Crippen MR) is 157 cm³/mol. The van der Waals surface area contributed by atoms with E-state index < -0.39 is 35.8 Å². The van der Waals surface area contributed by atoms with Crippen molar-refractivity contribution in [2.45, 2.75) is 102 Å². The molecule has 43 heavy (non-hydrogen) atoms. The fourth-order valence-corrected chi connectivity index (χ4v) is 5.83. The summed E-state index contributed by atoms with van der Waals surface area (Å²) in [6, 6.07) is 0.705.